The Bertz CT molecular complexity index is 829. The molecule has 0 spiro atoms. The van der Waals surface area contributed by atoms with Crippen LogP contribution in [-0.2, 0) is 0 Å². The highest BCUT2D eigenvalue weighted by Crippen LogP contribution is 2.34. The minimum absolute atomic E-state index is 0.142. The van der Waals surface area contributed by atoms with E-state index in [2.05, 4.69) is 11.9 Å². The van der Waals surface area contributed by atoms with Crippen LogP contribution in [0.4, 0.5) is 0 Å². The standard InChI is InChI=1S/C18H19N3OS/c1-13-6-11-21(12-7-13)18(22)16-15(20-9-2-3-10-20)14-5-4-8-19-17(14)23-16/h2-5,8-10,13H,6-7,11-12H2,1H3. The molecule has 1 aliphatic rings. The number of piperidine rings is 1. The Labute approximate surface area is 139 Å². The number of carbonyl (C=O) groups is 1. The number of thiophene rings is 1. The molecule has 0 N–H and O–H groups in total. The van der Waals surface area contributed by atoms with Gasteiger partial charge < -0.3 is 9.47 Å². The van der Waals surface area contributed by atoms with Crippen LogP contribution < -0.4 is 0 Å². The van der Waals surface area contributed by atoms with Gasteiger partial charge in [0.25, 0.3) is 5.91 Å². The first-order chi connectivity index (χ1) is 11.2. The van der Waals surface area contributed by atoms with E-state index >= 15 is 0 Å². The number of likely N-dealkylation sites (tertiary alicyclic amines) is 1. The molecule has 1 fully saturated rings. The van der Waals surface area contributed by atoms with Crippen LogP contribution in [0.1, 0.15) is 29.4 Å². The van der Waals surface area contributed by atoms with Crippen molar-refractivity contribution in [2.75, 3.05) is 13.1 Å². The third kappa shape index (κ3) is 2.55. The van der Waals surface area contributed by atoms with E-state index in [1.807, 2.05) is 46.1 Å². The molecule has 0 radical (unpaired) electrons. The second kappa shape index (κ2) is 5.81. The van der Waals surface area contributed by atoms with Gasteiger partial charge in [-0.15, -0.1) is 11.3 Å². The Hall–Kier alpha value is -2.14. The molecule has 1 amide bonds. The monoisotopic (exact) mass is 325 g/mol. The summed E-state index contributed by atoms with van der Waals surface area (Å²) < 4.78 is 2.03. The van der Waals surface area contributed by atoms with Crippen molar-refractivity contribution < 1.29 is 4.79 Å². The van der Waals surface area contributed by atoms with E-state index in [-0.39, 0.29) is 5.91 Å². The highest BCUT2D eigenvalue weighted by molar-refractivity contribution is 7.21. The molecule has 0 atom stereocenters. The number of rotatable bonds is 2. The van der Waals surface area contributed by atoms with Crippen molar-refractivity contribution in [3.05, 3.63) is 47.7 Å². The lowest BCUT2D eigenvalue weighted by molar-refractivity contribution is 0.0702. The van der Waals surface area contributed by atoms with E-state index in [1.54, 1.807) is 6.20 Å². The van der Waals surface area contributed by atoms with Gasteiger partial charge in [0.2, 0.25) is 0 Å². The normalized spacial score (nSPS) is 16.1. The molecule has 1 saturated heterocycles. The van der Waals surface area contributed by atoms with E-state index in [0.717, 1.165) is 46.7 Å². The number of pyridine rings is 1. The van der Waals surface area contributed by atoms with Gasteiger partial charge in [-0.2, -0.15) is 0 Å². The summed E-state index contributed by atoms with van der Waals surface area (Å²) in [6.07, 6.45) is 7.95. The smallest absolute Gasteiger partial charge is 0.266 e. The SMILES string of the molecule is CC1CCN(C(=O)c2sc3ncccc3c2-n2cccc2)CC1. The maximum absolute atomic E-state index is 13.1. The first-order valence-electron chi connectivity index (χ1n) is 8.04. The Balaban J connectivity index is 1.80. The van der Waals surface area contributed by atoms with Crippen molar-refractivity contribution in [3.63, 3.8) is 0 Å². The zero-order chi connectivity index (χ0) is 15.8. The predicted molar refractivity (Wildman–Crippen MR) is 93.2 cm³/mol. The lowest BCUT2D eigenvalue weighted by Crippen LogP contribution is -2.37. The molecule has 4 rings (SSSR count). The van der Waals surface area contributed by atoms with Gasteiger partial charge in [-0.3, -0.25) is 4.79 Å². The van der Waals surface area contributed by atoms with Crippen molar-refractivity contribution in [1.82, 2.24) is 14.5 Å². The molecule has 1 aliphatic heterocycles. The van der Waals surface area contributed by atoms with E-state index < -0.39 is 0 Å². The Morgan fingerprint density at radius 1 is 1.22 bits per heavy atom. The largest absolute Gasteiger partial charge is 0.338 e. The van der Waals surface area contributed by atoms with Crippen LogP contribution in [0.25, 0.3) is 15.9 Å². The molecule has 0 aromatic carbocycles. The van der Waals surface area contributed by atoms with Crippen LogP contribution >= 0.6 is 11.3 Å². The number of fused-ring (bicyclic) bond motifs is 1. The highest BCUT2D eigenvalue weighted by atomic mass is 32.1. The molecule has 0 unspecified atom stereocenters. The summed E-state index contributed by atoms with van der Waals surface area (Å²) in [5, 5.41) is 1.04. The van der Waals surface area contributed by atoms with Crippen molar-refractivity contribution in [2.24, 2.45) is 5.92 Å². The topological polar surface area (TPSA) is 38.1 Å². The van der Waals surface area contributed by atoms with Gasteiger partial charge in [0.05, 0.1) is 5.69 Å². The van der Waals surface area contributed by atoms with E-state index in [1.165, 1.54) is 11.3 Å². The van der Waals surface area contributed by atoms with Gasteiger partial charge in [0.15, 0.2) is 0 Å². The Morgan fingerprint density at radius 2 is 1.96 bits per heavy atom. The lowest BCUT2D eigenvalue weighted by Gasteiger charge is -2.30. The van der Waals surface area contributed by atoms with Crippen LogP contribution in [0.3, 0.4) is 0 Å². The van der Waals surface area contributed by atoms with Gasteiger partial charge in [-0.25, -0.2) is 4.98 Å². The summed E-state index contributed by atoms with van der Waals surface area (Å²) in [7, 11) is 0. The molecule has 3 aromatic rings. The molecule has 4 nitrogen and oxygen atoms in total. The van der Waals surface area contributed by atoms with Gasteiger partial charge in [-0.05, 0) is 43.0 Å². The van der Waals surface area contributed by atoms with Crippen molar-refractivity contribution >= 4 is 27.5 Å². The fourth-order valence-electron chi connectivity index (χ4n) is 3.16. The lowest BCUT2D eigenvalue weighted by atomic mass is 9.99. The van der Waals surface area contributed by atoms with Gasteiger partial charge in [-0.1, -0.05) is 6.92 Å². The zero-order valence-corrected chi connectivity index (χ0v) is 13.9. The molecule has 0 bridgehead atoms. The summed E-state index contributed by atoms with van der Waals surface area (Å²) in [6, 6.07) is 7.94. The second-order valence-corrected chi connectivity index (χ2v) is 7.20. The number of amides is 1. The van der Waals surface area contributed by atoms with E-state index in [4.69, 9.17) is 0 Å². The summed E-state index contributed by atoms with van der Waals surface area (Å²) in [5.74, 6) is 0.857. The quantitative estimate of drug-likeness (QED) is 0.715. The van der Waals surface area contributed by atoms with Crippen molar-refractivity contribution in [1.29, 1.82) is 0 Å². The average molecular weight is 325 g/mol. The summed E-state index contributed by atoms with van der Waals surface area (Å²) >= 11 is 1.50. The molecular weight excluding hydrogens is 306 g/mol. The maximum atomic E-state index is 13.1. The zero-order valence-electron chi connectivity index (χ0n) is 13.1. The first kappa shape index (κ1) is 14.5. The maximum Gasteiger partial charge on any atom is 0.266 e. The van der Waals surface area contributed by atoms with Crippen LogP contribution in [0.2, 0.25) is 0 Å². The number of nitrogens with zero attached hydrogens (tertiary/aromatic N) is 3. The van der Waals surface area contributed by atoms with Crippen LogP contribution in [0, 0.1) is 5.92 Å². The average Bonchev–Trinajstić information content (AvgIpc) is 3.21. The third-order valence-corrected chi connectivity index (χ3v) is 5.66. The molecule has 118 valence electrons. The molecule has 0 saturated carbocycles. The summed E-state index contributed by atoms with van der Waals surface area (Å²) in [6.45, 7) is 3.97. The molecule has 5 heteroatoms. The van der Waals surface area contributed by atoms with Gasteiger partial charge in [0, 0.05) is 37.1 Å². The summed E-state index contributed by atoms with van der Waals surface area (Å²) in [4.78, 5) is 21.2. The van der Waals surface area contributed by atoms with E-state index in [0.29, 0.717) is 5.92 Å². The molecular formula is C18H19N3OS. The molecule has 3 aromatic heterocycles. The predicted octanol–water partition coefficient (Wildman–Crippen LogP) is 3.96. The molecule has 0 aliphatic carbocycles. The minimum Gasteiger partial charge on any atom is -0.338 e. The summed E-state index contributed by atoms with van der Waals surface area (Å²) in [5.41, 5.74) is 0.965. The van der Waals surface area contributed by atoms with Crippen molar-refractivity contribution in [2.45, 2.75) is 19.8 Å². The number of hydrogen-bond donors (Lipinski definition) is 0. The highest BCUT2D eigenvalue weighted by Gasteiger charge is 2.27. The van der Waals surface area contributed by atoms with Gasteiger partial charge >= 0.3 is 0 Å². The second-order valence-electron chi connectivity index (χ2n) is 6.20. The first-order valence-corrected chi connectivity index (χ1v) is 8.86. The van der Waals surface area contributed by atoms with Crippen LogP contribution in [0.15, 0.2) is 42.9 Å². The molecule has 4 heterocycles. The van der Waals surface area contributed by atoms with Crippen LogP contribution in [-0.4, -0.2) is 33.4 Å². The van der Waals surface area contributed by atoms with Crippen molar-refractivity contribution in [3.8, 4) is 5.69 Å². The fourth-order valence-corrected chi connectivity index (χ4v) is 4.27. The molecule has 23 heavy (non-hydrogen) atoms. The Kier molecular flexibility index (Phi) is 3.65. The Morgan fingerprint density at radius 3 is 2.70 bits per heavy atom. The van der Waals surface area contributed by atoms with Crippen LogP contribution in [0.5, 0.6) is 0 Å². The van der Waals surface area contributed by atoms with Gasteiger partial charge in [0.1, 0.15) is 9.71 Å². The number of aromatic nitrogens is 2. The fraction of sp³-hybridized carbons (Fsp3) is 0.333. The number of carbonyl (C=O) groups excluding carboxylic acids is 1. The minimum atomic E-state index is 0.142. The van der Waals surface area contributed by atoms with E-state index in [9.17, 15) is 4.79 Å². The number of hydrogen-bond acceptors (Lipinski definition) is 3. The third-order valence-electron chi connectivity index (χ3n) is 4.57.